The second-order valence-electron chi connectivity index (χ2n) is 4.22. The first-order valence-corrected chi connectivity index (χ1v) is 14.4. The molecular weight excluding hydrogens is 269 g/mol. The van der Waals surface area contributed by atoms with E-state index < -0.39 is 18.4 Å². The summed E-state index contributed by atoms with van der Waals surface area (Å²) in [5.74, 6) is 0. The van der Waals surface area contributed by atoms with Gasteiger partial charge in [0.25, 0.3) is 0 Å². The van der Waals surface area contributed by atoms with Crippen LogP contribution in [0.1, 0.15) is 0 Å². The summed E-state index contributed by atoms with van der Waals surface area (Å²) >= 11 is -1.99. The van der Waals surface area contributed by atoms with Gasteiger partial charge in [-0.1, -0.05) is 0 Å². The van der Waals surface area contributed by atoms with Crippen LogP contribution in [0, 0.1) is 0 Å². The first kappa shape index (κ1) is 8.99. The van der Waals surface area contributed by atoms with Crippen molar-refractivity contribution in [3.8, 4) is 0 Å². The van der Waals surface area contributed by atoms with Crippen molar-refractivity contribution in [2.75, 3.05) is 0 Å². The van der Waals surface area contributed by atoms with E-state index in [0.717, 1.165) is 5.65 Å². The van der Waals surface area contributed by atoms with Crippen LogP contribution in [0.4, 0.5) is 0 Å². The Labute approximate surface area is 81.7 Å². The Bertz CT molecular complexity index is 428. The van der Waals surface area contributed by atoms with Crippen molar-refractivity contribution in [3.05, 3.63) is 24.8 Å². The number of nitrogens with zero attached hydrogens (tertiary/aromatic N) is 3. The molecule has 68 valence electrons. The summed E-state index contributed by atoms with van der Waals surface area (Å²) in [7, 11) is 0. The summed E-state index contributed by atoms with van der Waals surface area (Å²) in [6.45, 7) is 0. The molecule has 0 aliphatic carbocycles. The number of hydrogen-bond donors (Lipinski definition) is 0. The van der Waals surface area contributed by atoms with Gasteiger partial charge in [0, 0.05) is 0 Å². The van der Waals surface area contributed by atoms with Gasteiger partial charge < -0.3 is 0 Å². The maximum absolute atomic E-state index is 4.46. The molecule has 3 nitrogen and oxygen atoms in total. The molecule has 0 fully saturated rings. The van der Waals surface area contributed by atoms with E-state index in [-0.39, 0.29) is 0 Å². The van der Waals surface area contributed by atoms with Crippen LogP contribution in [-0.4, -0.2) is 32.7 Å². The van der Waals surface area contributed by atoms with Crippen molar-refractivity contribution in [3.63, 3.8) is 0 Å². The van der Waals surface area contributed by atoms with Gasteiger partial charge in [-0.25, -0.2) is 0 Å². The third-order valence-electron chi connectivity index (χ3n) is 2.05. The fourth-order valence-corrected chi connectivity index (χ4v) is 4.01. The summed E-state index contributed by atoms with van der Waals surface area (Å²) in [5, 5.41) is 0. The van der Waals surface area contributed by atoms with Crippen molar-refractivity contribution in [1.29, 1.82) is 0 Å². The monoisotopic (exact) mass is 283 g/mol. The topological polar surface area (TPSA) is 30.2 Å². The van der Waals surface area contributed by atoms with Gasteiger partial charge in [0.05, 0.1) is 0 Å². The van der Waals surface area contributed by atoms with Crippen molar-refractivity contribution < 1.29 is 0 Å². The Kier molecular flexibility index (Phi) is 2.06. The minimum atomic E-state index is -1.99. The molecule has 4 heteroatoms. The summed E-state index contributed by atoms with van der Waals surface area (Å²) in [4.78, 5) is 15.7. The number of aromatic nitrogens is 3. The summed E-state index contributed by atoms with van der Waals surface area (Å²) in [5.41, 5.74) is 0.930. The molecule has 0 saturated carbocycles. The van der Waals surface area contributed by atoms with E-state index in [0.29, 0.717) is 0 Å². The summed E-state index contributed by atoms with van der Waals surface area (Å²) in [6.07, 6.45) is 7.76. The summed E-state index contributed by atoms with van der Waals surface area (Å²) < 4.78 is 3.34. The van der Waals surface area contributed by atoms with Gasteiger partial charge in [-0.05, 0) is 0 Å². The molecule has 0 N–H and O–H groups in total. The van der Waals surface area contributed by atoms with Crippen LogP contribution in [0.5, 0.6) is 0 Å². The second-order valence-corrected chi connectivity index (χ2v) is 18.5. The number of rotatable bonds is 1. The van der Waals surface area contributed by atoms with E-state index in [2.05, 4.69) is 31.0 Å². The van der Waals surface area contributed by atoms with Crippen LogP contribution < -0.4 is 3.71 Å². The van der Waals surface area contributed by atoms with Crippen molar-refractivity contribution in [1.82, 2.24) is 14.4 Å². The average molecular weight is 282 g/mol. The van der Waals surface area contributed by atoms with E-state index >= 15 is 0 Å². The number of imidazole rings is 1. The van der Waals surface area contributed by atoms with E-state index in [9.17, 15) is 0 Å². The van der Waals surface area contributed by atoms with Gasteiger partial charge in [-0.15, -0.1) is 0 Å². The molecule has 2 aromatic heterocycles. The van der Waals surface area contributed by atoms with E-state index in [1.807, 2.05) is 16.8 Å². The van der Waals surface area contributed by atoms with Gasteiger partial charge in [0.15, 0.2) is 0 Å². The van der Waals surface area contributed by atoms with E-state index in [4.69, 9.17) is 0 Å². The van der Waals surface area contributed by atoms with Crippen molar-refractivity contribution >= 4 is 27.7 Å². The molecule has 0 bridgehead atoms. The molecule has 0 saturated heterocycles. The first-order valence-electron chi connectivity index (χ1n) is 4.36. The molecule has 0 aromatic carbocycles. The minimum absolute atomic E-state index is 0.930. The molecule has 2 aromatic rings. The summed E-state index contributed by atoms with van der Waals surface area (Å²) in [6, 6.07) is 0. The van der Waals surface area contributed by atoms with Gasteiger partial charge in [0.2, 0.25) is 0 Å². The first-order chi connectivity index (χ1) is 6.07. The quantitative estimate of drug-likeness (QED) is 0.737. The van der Waals surface area contributed by atoms with Crippen LogP contribution in [0.15, 0.2) is 24.8 Å². The predicted octanol–water partition coefficient (Wildman–Crippen LogP) is 1.27. The fraction of sp³-hybridized carbons (Fsp3) is 0.333. The standard InChI is InChI=1S/C6H4N3.3CH3.Sn/c1-3-9-4-2-8-6(9)5-7-1;;;;/h2-5H;3*1H3;. The van der Waals surface area contributed by atoms with E-state index in [1.54, 1.807) is 6.20 Å². The van der Waals surface area contributed by atoms with Gasteiger partial charge >= 0.3 is 81.7 Å². The van der Waals surface area contributed by atoms with Crippen LogP contribution in [0.25, 0.3) is 5.65 Å². The SMILES string of the molecule is [CH3][Sn]([CH3])([CH3])[c]1cn2ccnc2cn1. The van der Waals surface area contributed by atoms with Crippen LogP contribution in [-0.2, 0) is 0 Å². The predicted molar refractivity (Wildman–Crippen MR) is 56.0 cm³/mol. The zero-order valence-corrected chi connectivity index (χ0v) is 11.0. The Hall–Kier alpha value is -0.581. The fourth-order valence-electron chi connectivity index (χ4n) is 1.21. The molecule has 0 amide bonds. The molecule has 13 heavy (non-hydrogen) atoms. The maximum atomic E-state index is 4.46. The zero-order chi connectivity index (χ0) is 9.47. The van der Waals surface area contributed by atoms with Crippen LogP contribution in [0.3, 0.4) is 0 Å². The molecule has 2 heterocycles. The Morgan fingerprint density at radius 1 is 1.23 bits per heavy atom. The van der Waals surface area contributed by atoms with Gasteiger partial charge in [-0.2, -0.15) is 0 Å². The van der Waals surface area contributed by atoms with E-state index in [1.165, 1.54) is 3.71 Å². The Morgan fingerprint density at radius 2 is 2.00 bits per heavy atom. The molecule has 2 rings (SSSR count). The van der Waals surface area contributed by atoms with Crippen LogP contribution in [0.2, 0.25) is 14.8 Å². The second kappa shape index (κ2) is 2.97. The van der Waals surface area contributed by atoms with Crippen molar-refractivity contribution in [2.45, 2.75) is 14.8 Å². The molecule has 0 atom stereocenters. The van der Waals surface area contributed by atoms with Crippen molar-refractivity contribution in [2.24, 2.45) is 0 Å². The third-order valence-corrected chi connectivity index (χ3v) is 7.17. The average Bonchev–Trinajstić information content (AvgIpc) is 2.47. The normalized spacial score (nSPS) is 12.2. The molecule has 0 unspecified atom stereocenters. The Balaban J connectivity index is 2.61. The molecule has 0 radical (unpaired) electrons. The Morgan fingerprint density at radius 3 is 2.69 bits per heavy atom. The molecular formula is C9H13N3Sn. The molecule has 0 aliphatic rings. The van der Waals surface area contributed by atoms with Crippen LogP contribution >= 0.6 is 0 Å². The number of fused-ring (bicyclic) bond motifs is 1. The molecule has 0 spiro atoms. The zero-order valence-electron chi connectivity index (χ0n) is 8.15. The third kappa shape index (κ3) is 1.70. The van der Waals surface area contributed by atoms with Gasteiger partial charge in [-0.3, -0.25) is 0 Å². The molecule has 0 aliphatic heterocycles. The van der Waals surface area contributed by atoms with Gasteiger partial charge in [0.1, 0.15) is 0 Å². The number of hydrogen-bond acceptors (Lipinski definition) is 2.